The van der Waals surface area contributed by atoms with Crippen molar-refractivity contribution in [3.8, 4) is 11.8 Å². The number of benzene rings is 1. The lowest BCUT2D eigenvalue weighted by Crippen LogP contribution is -2.29. The van der Waals surface area contributed by atoms with Crippen LogP contribution >= 0.6 is 0 Å². The Morgan fingerprint density at radius 1 is 1.50 bits per heavy atom. The van der Waals surface area contributed by atoms with Gasteiger partial charge < -0.3 is 10.4 Å². The zero-order valence-corrected chi connectivity index (χ0v) is 12.1. The van der Waals surface area contributed by atoms with Crippen molar-refractivity contribution < 1.29 is 9.90 Å². The lowest BCUT2D eigenvalue weighted by atomic mass is 10.0. The molecule has 0 aromatic heterocycles. The van der Waals surface area contributed by atoms with Gasteiger partial charge in [0.05, 0.1) is 0 Å². The standard InChI is InChI=1S/C17H21NO2/c1-12(14-8-9-14)11-18-17(20)16-7-3-5-15(13(16)2)6-4-10-19/h3,5,7,12,14,19H,8-11H2,1-2H3,(H,18,20). The number of aliphatic hydroxyl groups excluding tert-OH is 1. The summed E-state index contributed by atoms with van der Waals surface area (Å²) in [4.78, 5) is 12.2. The smallest absolute Gasteiger partial charge is 0.251 e. The van der Waals surface area contributed by atoms with E-state index in [1.54, 1.807) is 0 Å². The predicted octanol–water partition coefficient (Wildman–Crippen LogP) is 2.11. The normalized spacial score (nSPS) is 15.2. The first-order valence-electron chi connectivity index (χ1n) is 7.11. The lowest BCUT2D eigenvalue weighted by Gasteiger charge is -2.13. The van der Waals surface area contributed by atoms with Gasteiger partial charge in [-0.25, -0.2) is 0 Å². The molecule has 1 fully saturated rings. The quantitative estimate of drug-likeness (QED) is 0.824. The third-order valence-electron chi connectivity index (χ3n) is 3.89. The topological polar surface area (TPSA) is 49.3 Å². The fourth-order valence-corrected chi connectivity index (χ4v) is 2.33. The molecule has 0 saturated heterocycles. The Kier molecular flexibility index (Phi) is 4.81. The molecule has 106 valence electrons. The lowest BCUT2D eigenvalue weighted by molar-refractivity contribution is 0.0946. The molecule has 0 bridgehead atoms. The summed E-state index contributed by atoms with van der Waals surface area (Å²) in [5, 5.41) is 11.8. The molecule has 3 heteroatoms. The van der Waals surface area contributed by atoms with Crippen LogP contribution in [0, 0.1) is 30.6 Å². The third kappa shape index (κ3) is 3.61. The molecule has 1 atom stereocenters. The van der Waals surface area contributed by atoms with Gasteiger partial charge in [0.25, 0.3) is 5.91 Å². The molecule has 1 saturated carbocycles. The molecule has 2 rings (SSSR count). The Bertz CT molecular complexity index is 550. The van der Waals surface area contributed by atoms with Crippen molar-refractivity contribution in [2.75, 3.05) is 13.2 Å². The van der Waals surface area contributed by atoms with Gasteiger partial charge in [0.1, 0.15) is 6.61 Å². The van der Waals surface area contributed by atoms with E-state index in [1.807, 2.05) is 25.1 Å². The minimum atomic E-state index is -0.172. The van der Waals surface area contributed by atoms with E-state index in [9.17, 15) is 4.79 Å². The Labute approximate surface area is 120 Å². The van der Waals surface area contributed by atoms with E-state index in [2.05, 4.69) is 24.1 Å². The maximum absolute atomic E-state index is 12.2. The first kappa shape index (κ1) is 14.6. The van der Waals surface area contributed by atoms with Crippen molar-refractivity contribution in [3.63, 3.8) is 0 Å². The summed E-state index contributed by atoms with van der Waals surface area (Å²) >= 11 is 0. The molecule has 2 N–H and O–H groups in total. The fourth-order valence-electron chi connectivity index (χ4n) is 2.33. The van der Waals surface area contributed by atoms with Gasteiger partial charge in [0, 0.05) is 17.7 Å². The first-order chi connectivity index (χ1) is 9.63. The monoisotopic (exact) mass is 271 g/mol. The van der Waals surface area contributed by atoms with Gasteiger partial charge >= 0.3 is 0 Å². The summed E-state index contributed by atoms with van der Waals surface area (Å²) in [6.45, 7) is 4.64. The zero-order valence-electron chi connectivity index (χ0n) is 12.1. The highest BCUT2D eigenvalue weighted by molar-refractivity contribution is 5.96. The van der Waals surface area contributed by atoms with Crippen molar-refractivity contribution in [2.24, 2.45) is 11.8 Å². The third-order valence-corrected chi connectivity index (χ3v) is 3.89. The van der Waals surface area contributed by atoms with Crippen molar-refractivity contribution in [3.05, 3.63) is 34.9 Å². The molecule has 1 unspecified atom stereocenters. The molecule has 0 radical (unpaired) electrons. The minimum Gasteiger partial charge on any atom is -0.384 e. The SMILES string of the molecule is Cc1c(C#CCO)cccc1C(=O)NCC(C)C1CC1. The number of carbonyl (C=O) groups excluding carboxylic acids is 1. The van der Waals surface area contributed by atoms with Crippen molar-refractivity contribution in [2.45, 2.75) is 26.7 Å². The summed E-state index contributed by atoms with van der Waals surface area (Å²) in [6.07, 6.45) is 2.59. The Balaban J connectivity index is 2.05. The number of hydrogen-bond donors (Lipinski definition) is 2. The molecule has 1 aliphatic carbocycles. The average molecular weight is 271 g/mol. The van der Waals surface area contributed by atoms with Gasteiger partial charge in [-0.2, -0.15) is 0 Å². The summed E-state index contributed by atoms with van der Waals surface area (Å²) in [5.41, 5.74) is 2.32. The van der Waals surface area contributed by atoms with Gasteiger partial charge in [0.2, 0.25) is 0 Å². The molecule has 1 amide bonds. The maximum Gasteiger partial charge on any atom is 0.251 e. The zero-order chi connectivity index (χ0) is 14.5. The second kappa shape index (κ2) is 6.58. The number of nitrogens with one attached hydrogen (secondary N) is 1. The average Bonchev–Trinajstić information content (AvgIpc) is 3.28. The van der Waals surface area contributed by atoms with Gasteiger partial charge in [-0.3, -0.25) is 4.79 Å². The van der Waals surface area contributed by atoms with E-state index < -0.39 is 0 Å². The highest BCUT2D eigenvalue weighted by atomic mass is 16.2. The minimum absolute atomic E-state index is 0.0392. The van der Waals surface area contributed by atoms with Crippen molar-refractivity contribution >= 4 is 5.91 Å². The number of amides is 1. The predicted molar refractivity (Wildman–Crippen MR) is 79.4 cm³/mol. The van der Waals surface area contributed by atoms with Crippen LogP contribution in [0.1, 0.15) is 41.3 Å². The van der Waals surface area contributed by atoms with E-state index in [0.717, 1.165) is 23.6 Å². The van der Waals surface area contributed by atoms with E-state index in [-0.39, 0.29) is 12.5 Å². The van der Waals surface area contributed by atoms with Crippen LogP contribution in [-0.4, -0.2) is 24.2 Å². The molecule has 0 aliphatic heterocycles. The van der Waals surface area contributed by atoms with Gasteiger partial charge in [-0.05, 0) is 49.3 Å². The molecule has 3 nitrogen and oxygen atoms in total. The van der Waals surface area contributed by atoms with E-state index in [1.165, 1.54) is 12.8 Å². The molecule has 1 aromatic carbocycles. The summed E-state index contributed by atoms with van der Waals surface area (Å²) in [6, 6.07) is 5.51. The van der Waals surface area contributed by atoms with E-state index in [4.69, 9.17) is 5.11 Å². The van der Waals surface area contributed by atoms with Crippen LogP contribution in [0.15, 0.2) is 18.2 Å². The molecule has 0 heterocycles. The second-order valence-corrected chi connectivity index (χ2v) is 5.46. The summed E-state index contributed by atoms with van der Waals surface area (Å²) in [7, 11) is 0. The second-order valence-electron chi connectivity index (χ2n) is 5.46. The van der Waals surface area contributed by atoms with Gasteiger partial charge in [-0.1, -0.05) is 24.8 Å². The number of rotatable bonds is 4. The molecular formula is C17H21NO2. The van der Waals surface area contributed by atoms with Crippen LogP contribution < -0.4 is 5.32 Å². The molecule has 0 spiro atoms. The van der Waals surface area contributed by atoms with Crippen LogP contribution in [0.5, 0.6) is 0 Å². The molecule has 20 heavy (non-hydrogen) atoms. The van der Waals surface area contributed by atoms with E-state index in [0.29, 0.717) is 11.5 Å². The fraction of sp³-hybridized carbons (Fsp3) is 0.471. The Morgan fingerprint density at radius 2 is 2.25 bits per heavy atom. The number of aliphatic hydroxyl groups is 1. The molecular weight excluding hydrogens is 250 g/mol. The molecule has 1 aromatic rings. The first-order valence-corrected chi connectivity index (χ1v) is 7.11. The largest absolute Gasteiger partial charge is 0.384 e. The van der Waals surface area contributed by atoms with Crippen LogP contribution in [0.3, 0.4) is 0 Å². The molecule has 1 aliphatic rings. The maximum atomic E-state index is 12.2. The van der Waals surface area contributed by atoms with Crippen LogP contribution in [-0.2, 0) is 0 Å². The van der Waals surface area contributed by atoms with Gasteiger partial charge in [0.15, 0.2) is 0 Å². The summed E-state index contributed by atoms with van der Waals surface area (Å²) < 4.78 is 0. The van der Waals surface area contributed by atoms with Gasteiger partial charge in [-0.15, -0.1) is 0 Å². The van der Waals surface area contributed by atoms with Crippen LogP contribution in [0.4, 0.5) is 0 Å². The number of carbonyl (C=O) groups is 1. The highest BCUT2D eigenvalue weighted by Gasteiger charge is 2.28. The van der Waals surface area contributed by atoms with E-state index >= 15 is 0 Å². The number of hydrogen-bond acceptors (Lipinski definition) is 2. The van der Waals surface area contributed by atoms with Crippen molar-refractivity contribution in [1.29, 1.82) is 0 Å². The Hall–Kier alpha value is -1.79. The Morgan fingerprint density at radius 3 is 2.90 bits per heavy atom. The van der Waals surface area contributed by atoms with Crippen molar-refractivity contribution in [1.82, 2.24) is 5.32 Å². The summed E-state index contributed by atoms with van der Waals surface area (Å²) in [5.74, 6) is 6.79. The van der Waals surface area contributed by atoms with Crippen LogP contribution in [0.25, 0.3) is 0 Å². The highest BCUT2D eigenvalue weighted by Crippen LogP contribution is 2.36. The van der Waals surface area contributed by atoms with Crippen LogP contribution in [0.2, 0.25) is 0 Å².